The van der Waals surface area contributed by atoms with E-state index in [0.29, 0.717) is 18.2 Å². The zero-order valence-corrected chi connectivity index (χ0v) is 14.2. The standard InChI is InChI=1S/C16H12ClF3N2O4/c1-3-4-16(17)7-10(18)11(6-9(16)13(24)25)22-12(23)5-8(2)21(14(19)20)15(22)26/h5-7,9,14H,1-2H3,(H,24,25)/p-1. The van der Waals surface area contributed by atoms with Gasteiger partial charge in [0.2, 0.25) is 0 Å². The second kappa shape index (κ2) is 6.88. The molecule has 0 aliphatic heterocycles. The summed E-state index contributed by atoms with van der Waals surface area (Å²) in [6, 6.07) is 0.699. The fourth-order valence-corrected chi connectivity index (χ4v) is 2.90. The van der Waals surface area contributed by atoms with E-state index >= 15 is 0 Å². The van der Waals surface area contributed by atoms with Crippen LogP contribution < -0.4 is 16.4 Å². The fraction of sp³-hybridized carbons (Fsp3) is 0.312. The Bertz CT molecular complexity index is 1010. The molecule has 10 heteroatoms. The number of nitrogens with zero attached hydrogens (tertiary/aromatic N) is 2. The fourth-order valence-electron chi connectivity index (χ4n) is 2.56. The van der Waals surface area contributed by atoms with E-state index in [1.54, 1.807) is 0 Å². The van der Waals surface area contributed by atoms with Crippen molar-refractivity contribution >= 4 is 23.3 Å². The summed E-state index contributed by atoms with van der Waals surface area (Å²) >= 11 is 6.02. The molecule has 1 aliphatic rings. The van der Waals surface area contributed by atoms with Gasteiger partial charge in [0.15, 0.2) is 0 Å². The number of aromatic nitrogens is 2. The third-order valence-electron chi connectivity index (χ3n) is 3.70. The van der Waals surface area contributed by atoms with Gasteiger partial charge in [-0.25, -0.2) is 18.3 Å². The highest BCUT2D eigenvalue weighted by Crippen LogP contribution is 2.37. The quantitative estimate of drug-likeness (QED) is 0.567. The monoisotopic (exact) mass is 387 g/mol. The normalized spacial score (nSPS) is 22.3. The Morgan fingerprint density at radius 2 is 2.04 bits per heavy atom. The molecule has 1 aliphatic carbocycles. The van der Waals surface area contributed by atoms with Gasteiger partial charge in [-0.3, -0.25) is 4.79 Å². The maximum Gasteiger partial charge on any atom is 0.340 e. The zero-order chi connectivity index (χ0) is 19.8. The third-order valence-corrected chi connectivity index (χ3v) is 4.13. The van der Waals surface area contributed by atoms with Crippen molar-refractivity contribution in [2.45, 2.75) is 25.3 Å². The van der Waals surface area contributed by atoms with E-state index in [4.69, 9.17) is 11.6 Å². The van der Waals surface area contributed by atoms with Crippen LogP contribution in [0.25, 0.3) is 5.70 Å². The van der Waals surface area contributed by atoms with Crippen LogP contribution in [0.1, 0.15) is 19.2 Å². The lowest BCUT2D eigenvalue weighted by molar-refractivity contribution is -0.310. The average Bonchev–Trinajstić information content (AvgIpc) is 2.47. The molecule has 0 saturated carbocycles. The van der Waals surface area contributed by atoms with E-state index < -0.39 is 46.1 Å². The van der Waals surface area contributed by atoms with Gasteiger partial charge in [-0.05, 0) is 26.0 Å². The predicted octanol–water partition coefficient (Wildman–Crippen LogP) is 0.788. The average molecular weight is 388 g/mol. The van der Waals surface area contributed by atoms with Gasteiger partial charge in [-0.1, -0.05) is 17.5 Å². The number of alkyl halides is 3. The Balaban J connectivity index is 2.81. The molecule has 0 fully saturated rings. The van der Waals surface area contributed by atoms with E-state index in [1.165, 1.54) is 6.92 Å². The molecule has 138 valence electrons. The van der Waals surface area contributed by atoms with Crippen LogP contribution in [0.15, 0.2) is 33.6 Å². The van der Waals surface area contributed by atoms with Gasteiger partial charge < -0.3 is 9.90 Å². The van der Waals surface area contributed by atoms with Crippen molar-refractivity contribution in [3.63, 3.8) is 0 Å². The van der Waals surface area contributed by atoms with Crippen molar-refractivity contribution in [1.29, 1.82) is 0 Å². The Labute approximate surface area is 149 Å². The highest BCUT2D eigenvalue weighted by molar-refractivity contribution is 6.29. The van der Waals surface area contributed by atoms with Crippen LogP contribution in [0.5, 0.6) is 0 Å². The van der Waals surface area contributed by atoms with E-state index in [2.05, 4.69) is 11.8 Å². The summed E-state index contributed by atoms with van der Waals surface area (Å²) in [5.74, 6) is -0.0982. The minimum atomic E-state index is -3.29. The van der Waals surface area contributed by atoms with Crippen LogP contribution in [-0.4, -0.2) is 20.0 Å². The Hall–Kier alpha value is -2.73. The van der Waals surface area contributed by atoms with E-state index in [9.17, 15) is 32.7 Å². The second-order valence-corrected chi connectivity index (χ2v) is 6.00. The van der Waals surface area contributed by atoms with Crippen LogP contribution in [-0.2, 0) is 4.79 Å². The largest absolute Gasteiger partial charge is 0.549 e. The molecule has 0 N–H and O–H groups in total. The molecule has 1 aromatic rings. The first-order valence-electron chi connectivity index (χ1n) is 7.11. The maximum atomic E-state index is 14.5. The number of halogens is 4. The molecule has 2 unspecified atom stereocenters. The molecule has 2 atom stereocenters. The predicted molar refractivity (Wildman–Crippen MR) is 84.9 cm³/mol. The number of aryl methyl sites for hydroxylation is 1. The summed E-state index contributed by atoms with van der Waals surface area (Å²) in [4.78, 5) is 33.7. The zero-order valence-electron chi connectivity index (χ0n) is 13.4. The van der Waals surface area contributed by atoms with Gasteiger partial charge in [-0.15, -0.1) is 5.92 Å². The van der Waals surface area contributed by atoms with Crippen molar-refractivity contribution < 1.29 is 23.1 Å². The van der Waals surface area contributed by atoms with Gasteiger partial charge in [0.25, 0.3) is 5.56 Å². The Morgan fingerprint density at radius 1 is 1.42 bits per heavy atom. The number of allylic oxidation sites excluding steroid dienone is 3. The highest BCUT2D eigenvalue weighted by atomic mass is 35.5. The van der Waals surface area contributed by atoms with Gasteiger partial charge in [-0.2, -0.15) is 8.78 Å². The lowest BCUT2D eigenvalue weighted by atomic mass is 9.86. The molecule has 2 rings (SSSR count). The molecule has 1 aromatic heterocycles. The van der Waals surface area contributed by atoms with Gasteiger partial charge in [0.1, 0.15) is 10.7 Å². The van der Waals surface area contributed by atoms with Crippen molar-refractivity contribution in [2.24, 2.45) is 5.92 Å². The number of carbonyl (C=O) groups excluding carboxylic acids is 1. The number of carboxylic acids is 1. The number of aliphatic carboxylic acids is 1. The summed E-state index contributed by atoms with van der Waals surface area (Å²) in [6.07, 6.45) is 1.25. The molecule has 1 heterocycles. The lowest BCUT2D eigenvalue weighted by Crippen LogP contribution is -2.46. The number of carboxylic acid groups (broad SMARTS) is 1. The molecule has 0 spiro atoms. The Kier molecular flexibility index (Phi) is 5.18. The second-order valence-electron chi connectivity index (χ2n) is 5.37. The molecule has 0 amide bonds. The van der Waals surface area contributed by atoms with Crippen molar-refractivity contribution in [3.05, 3.63) is 50.6 Å². The van der Waals surface area contributed by atoms with E-state index in [-0.39, 0.29) is 14.8 Å². The van der Waals surface area contributed by atoms with Crippen LogP contribution in [0.2, 0.25) is 0 Å². The molecule has 26 heavy (non-hydrogen) atoms. The topological polar surface area (TPSA) is 84.1 Å². The van der Waals surface area contributed by atoms with Crippen LogP contribution in [0, 0.1) is 24.7 Å². The summed E-state index contributed by atoms with van der Waals surface area (Å²) in [6.45, 7) is -0.848. The first-order valence-corrected chi connectivity index (χ1v) is 7.49. The number of hydrogen-bond donors (Lipinski definition) is 0. The summed E-state index contributed by atoms with van der Waals surface area (Å²) in [5.41, 5.74) is -3.80. The first kappa shape index (κ1) is 19.6. The lowest BCUT2D eigenvalue weighted by Gasteiger charge is -2.31. The number of rotatable bonds is 3. The molecule has 0 saturated heterocycles. The van der Waals surface area contributed by atoms with Gasteiger partial charge in [0, 0.05) is 11.8 Å². The molecule has 0 aromatic carbocycles. The van der Waals surface area contributed by atoms with Crippen LogP contribution in [0.4, 0.5) is 13.2 Å². The van der Waals surface area contributed by atoms with Gasteiger partial charge >= 0.3 is 12.2 Å². The molecular formula is C16H11ClF3N2O4-. The van der Waals surface area contributed by atoms with E-state index in [1.807, 2.05) is 0 Å². The molecule has 0 bridgehead atoms. The minimum absolute atomic E-state index is 0.0298. The number of carbonyl (C=O) groups is 1. The van der Waals surface area contributed by atoms with Gasteiger partial charge in [0.05, 0.1) is 17.6 Å². The number of hydrogen-bond acceptors (Lipinski definition) is 4. The van der Waals surface area contributed by atoms with Crippen molar-refractivity contribution in [1.82, 2.24) is 9.13 Å². The van der Waals surface area contributed by atoms with Crippen molar-refractivity contribution in [3.8, 4) is 11.8 Å². The first-order chi connectivity index (χ1) is 12.0. The summed E-state index contributed by atoms with van der Waals surface area (Å²) < 4.78 is 40.7. The SMILES string of the molecule is CC#CC1(Cl)C=C(F)C(n2c(=O)cc(C)n(C(F)F)c2=O)=CC1C(=O)[O-]. The summed E-state index contributed by atoms with van der Waals surface area (Å²) in [5, 5.41) is 11.4. The van der Waals surface area contributed by atoms with E-state index in [0.717, 1.165) is 6.92 Å². The van der Waals surface area contributed by atoms with Crippen LogP contribution >= 0.6 is 11.6 Å². The maximum absolute atomic E-state index is 14.5. The van der Waals surface area contributed by atoms with Crippen molar-refractivity contribution in [2.75, 3.05) is 0 Å². The van der Waals surface area contributed by atoms with Crippen LogP contribution in [0.3, 0.4) is 0 Å². The minimum Gasteiger partial charge on any atom is -0.549 e. The third kappa shape index (κ3) is 3.20. The summed E-state index contributed by atoms with van der Waals surface area (Å²) in [7, 11) is 0. The Morgan fingerprint density at radius 3 is 2.54 bits per heavy atom. The molecule has 6 nitrogen and oxygen atoms in total. The smallest absolute Gasteiger partial charge is 0.340 e. The molecule has 0 radical (unpaired) electrons. The highest BCUT2D eigenvalue weighted by Gasteiger charge is 2.39. The molecular weight excluding hydrogens is 377 g/mol.